The predicted molar refractivity (Wildman–Crippen MR) is 149 cm³/mol. The Kier molecular flexibility index (Phi) is 7.27. The van der Waals surface area contributed by atoms with Crippen molar-refractivity contribution in [2.75, 3.05) is 25.5 Å². The Labute approximate surface area is 233 Å². The van der Waals surface area contributed by atoms with Gasteiger partial charge >= 0.3 is 0 Å². The predicted octanol–water partition coefficient (Wildman–Crippen LogP) is 5.09. The minimum Gasteiger partial charge on any atom is -0.352 e. The summed E-state index contributed by atoms with van der Waals surface area (Å²) in [4.78, 5) is 30.4. The molecule has 0 aliphatic carbocycles. The number of hydrogen-bond donors (Lipinski definition) is 3. The molecule has 2 fully saturated rings. The Morgan fingerprint density at radius 3 is 2.58 bits per heavy atom. The number of hydrogen-bond acceptors (Lipinski definition) is 4. The number of nitrogens with zero attached hydrogens (tertiary/aromatic N) is 1. The van der Waals surface area contributed by atoms with Gasteiger partial charge in [-0.2, -0.15) is 0 Å². The molecule has 3 aliphatic rings. The number of rotatable bonds is 4. The van der Waals surface area contributed by atoms with Crippen LogP contribution in [0.2, 0.25) is 10.0 Å². The van der Waals surface area contributed by atoms with Gasteiger partial charge in [-0.05, 0) is 74.1 Å². The lowest BCUT2D eigenvalue weighted by atomic mass is 9.62. The Morgan fingerprint density at radius 1 is 1.18 bits per heavy atom. The van der Waals surface area contributed by atoms with Gasteiger partial charge in [-0.15, -0.1) is 0 Å². The van der Waals surface area contributed by atoms with Crippen molar-refractivity contribution in [2.24, 2.45) is 5.41 Å². The molecule has 5 rings (SSSR count). The standard InChI is InChI=1S/C29H35Cl2FN4O2/c1-28(2,3)15-22-29(19-9-8-16(30)14-21(19)34-27(29)38)23(18-6-5-7-20(31)24(18)32)25(35-22)26(37)33-17-10-12-36(4)13-11-17/h5-9,14,17,22-23,25,35H,10-13,15H2,1-4H3,(H,33,37)(H,34,38). The molecule has 0 radical (unpaired) electrons. The molecule has 2 amide bonds. The van der Waals surface area contributed by atoms with Crippen LogP contribution in [0.15, 0.2) is 36.4 Å². The largest absolute Gasteiger partial charge is 0.352 e. The van der Waals surface area contributed by atoms with Crippen molar-refractivity contribution in [3.05, 3.63) is 63.4 Å². The van der Waals surface area contributed by atoms with E-state index in [0.29, 0.717) is 22.7 Å². The summed E-state index contributed by atoms with van der Waals surface area (Å²) >= 11 is 12.6. The fourth-order valence-electron chi connectivity index (χ4n) is 6.60. The van der Waals surface area contributed by atoms with Gasteiger partial charge in [-0.3, -0.25) is 9.59 Å². The van der Waals surface area contributed by atoms with Crippen molar-refractivity contribution in [1.82, 2.24) is 15.5 Å². The summed E-state index contributed by atoms with van der Waals surface area (Å²) in [6, 6.07) is 8.83. The van der Waals surface area contributed by atoms with Crippen LogP contribution in [0.5, 0.6) is 0 Å². The van der Waals surface area contributed by atoms with E-state index in [4.69, 9.17) is 23.2 Å². The van der Waals surface area contributed by atoms with Crippen LogP contribution in [-0.4, -0.2) is 55.0 Å². The van der Waals surface area contributed by atoms with Crippen molar-refractivity contribution in [3.8, 4) is 0 Å². The highest BCUT2D eigenvalue weighted by Gasteiger charge is 2.66. The molecule has 2 aromatic carbocycles. The van der Waals surface area contributed by atoms with E-state index in [1.165, 1.54) is 6.07 Å². The molecule has 0 bridgehead atoms. The molecule has 4 atom stereocenters. The average molecular weight is 562 g/mol. The van der Waals surface area contributed by atoms with E-state index in [2.05, 4.69) is 48.7 Å². The highest BCUT2D eigenvalue weighted by Crippen LogP contribution is 2.57. The second-order valence-corrected chi connectivity index (χ2v) is 13.0. The quantitative estimate of drug-likeness (QED) is 0.486. The lowest BCUT2D eigenvalue weighted by molar-refractivity contribution is -0.124. The summed E-state index contributed by atoms with van der Waals surface area (Å²) in [5, 5.41) is 10.2. The summed E-state index contributed by atoms with van der Waals surface area (Å²) in [6.45, 7) is 8.07. The van der Waals surface area contributed by atoms with Gasteiger partial charge < -0.3 is 20.9 Å². The van der Waals surface area contributed by atoms with Crippen LogP contribution in [0.3, 0.4) is 0 Å². The van der Waals surface area contributed by atoms with Crippen molar-refractivity contribution in [2.45, 2.75) is 69.5 Å². The van der Waals surface area contributed by atoms with Crippen molar-refractivity contribution < 1.29 is 14.0 Å². The first-order valence-corrected chi connectivity index (χ1v) is 14.0. The molecular formula is C29H35Cl2FN4O2. The SMILES string of the molecule is CN1CCC(NC(=O)C2NC(CC(C)(C)C)C3(C(=O)Nc4cc(Cl)ccc43)C2c2cccc(Cl)c2F)CC1. The van der Waals surface area contributed by atoms with Crippen molar-refractivity contribution >= 4 is 40.7 Å². The van der Waals surface area contributed by atoms with Gasteiger partial charge in [0, 0.05) is 28.7 Å². The molecular weight excluding hydrogens is 526 g/mol. The van der Waals surface area contributed by atoms with Crippen LogP contribution in [0, 0.1) is 11.2 Å². The van der Waals surface area contributed by atoms with E-state index < -0.39 is 29.2 Å². The van der Waals surface area contributed by atoms with E-state index in [0.717, 1.165) is 25.9 Å². The lowest BCUT2D eigenvalue weighted by Crippen LogP contribution is -2.51. The first kappa shape index (κ1) is 27.4. The number of amides is 2. The Morgan fingerprint density at radius 2 is 1.89 bits per heavy atom. The molecule has 9 heteroatoms. The number of halogens is 3. The summed E-state index contributed by atoms with van der Waals surface area (Å²) < 4.78 is 15.8. The van der Waals surface area contributed by atoms with E-state index in [-0.39, 0.29) is 33.9 Å². The fourth-order valence-corrected chi connectivity index (χ4v) is 6.95. The third kappa shape index (κ3) is 4.72. The molecule has 3 heterocycles. The molecule has 4 unspecified atom stereocenters. The molecule has 1 spiro atoms. The van der Waals surface area contributed by atoms with E-state index in [1.54, 1.807) is 24.3 Å². The maximum Gasteiger partial charge on any atom is 0.238 e. The minimum atomic E-state index is -1.24. The number of anilines is 1. The number of fused-ring (bicyclic) bond motifs is 2. The minimum absolute atomic E-state index is 0.0199. The molecule has 3 aliphatic heterocycles. The van der Waals surface area contributed by atoms with Crippen LogP contribution in [-0.2, 0) is 15.0 Å². The zero-order valence-electron chi connectivity index (χ0n) is 22.2. The second-order valence-electron chi connectivity index (χ2n) is 12.2. The number of benzene rings is 2. The van der Waals surface area contributed by atoms with Gasteiger partial charge in [-0.25, -0.2) is 4.39 Å². The van der Waals surface area contributed by atoms with Crippen LogP contribution < -0.4 is 16.0 Å². The van der Waals surface area contributed by atoms with E-state index in [1.807, 2.05) is 6.07 Å². The van der Waals surface area contributed by atoms with Crippen molar-refractivity contribution in [1.29, 1.82) is 0 Å². The summed E-state index contributed by atoms with van der Waals surface area (Å²) in [6.07, 6.45) is 2.26. The molecule has 0 aromatic heterocycles. The molecule has 2 aromatic rings. The topological polar surface area (TPSA) is 73.5 Å². The molecule has 6 nitrogen and oxygen atoms in total. The number of carbonyl (C=O) groups excluding carboxylic acids is 2. The summed E-state index contributed by atoms with van der Waals surface area (Å²) in [5.41, 5.74) is 0.132. The first-order valence-electron chi connectivity index (χ1n) is 13.2. The van der Waals surface area contributed by atoms with Gasteiger partial charge in [-0.1, -0.05) is 62.2 Å². The van der Waals surface area contributed by atoms with Gasteiger partial charge in [0.25, 0.3) is 0 Å². The van der Waals surface area contributed by atoms with Gasteiger partial charge in [0.2, 0.25) is 11.8 Å². The second kappa shape index (κ2) is 10.1. The zero-order valence-corrected chi connectivity index (χ0v) is 23.7. The van der Waals surface area contributed by atoms with Crippen LogP contribution in [0.1, 0.15) is 57.1 Å². The van der Waals surface area contributed by atoms with E-state index >= 15 is 4.39 Å². The lowest BCUT2D eigenvalue weighted by Gasteiger charge is -2.38. The molecule has 38 heavy (non-hydrogen) atoms. The molecule has 0 saturated carbocycles. The normalized spacial score (nSPS) is 28.0. The first-order chi connectivity index (χ1) is 17.9. The molecule has 3 N–H and O–H groups in total. The van der Waals surface area contributed by atoms with E-state index in [9.17, 15) is 9.59 Å². The van der Waals surface area contributed by atoms with Gasteiger partial charge in [0.05, 0.1) is 11.1 Å². The third-order valence-electron chi connectivity index (χ3n) is 8.29. The van der Waals surface area contributed by atoms with Gasteiger partial charge in [0.15, 0.2) is 0 Å². The van der Waals surface area contributed by atoms with Crippen LogP contribution >= 0.6 is 23.2 Å². The van der Waals surface area contributed by atoms with Crippen molar-refractivity contribution in [3.63, 3.8) is 0 Å². The fraction of sp³-hybridized carbons (Fsp3) is 0.517. The Hall–Kier alpha value is -2.19. The monoisotopic (exact) mass is 560 g/mol. The number of likely N-dealkylation sites (tertiary alicyclic amines) is 1. The smallest absolute Gasteiger partial charge is 0.238 e. The highest BCUT2D eigenvalue weighted by atomic mass is 35.5. The summed E-state index contributed by atoms with van der Waals surface area (Å²) in [7, 11) is 2.07. The maximum absolute atomic E-state index is 15.8. The van der Waals surface area contributed by atoms with Crippen LogP contribution in [0.25, 0.3) is 0 Å². The van der Waals surface area contributed by atoms with Gasteiger partial charge in [0.1, 0.15) is 11.2 Å². The number of nitrogens with one attached hydrogen (secondary N) is 3. The average Bonchev–Trinajstić information content (AvgIpc) is 3.31. The number of piperidine rings is 1. The number of carbonyl (C=O) groups is 2. The Balaban J connectivity index is 1.67. The molecule has 2 saturated heterocycles. The summed E-state index contributed by atoms with van der Waals surface area (Å²) in [5.74, 6) is -1.93. The maximum atomic E-state index is 15.8. The highest BCUT2D eigenvalue weighted by molar-refractivity contribution is 6.31. The Bertz CT molecular complexity index is 1260. The van der Waals surface area contributed by atoms with Crippen LogP contribution in [0.4, 0.5) is 10.1 Å². The third-order valence-corrected chi connectivity index (χ3v) is 8.81. The zero-order chi connectivity index (χ0) is 27.4. The molecule has 204 valence electrons.